The molecule has 3 amide bonds. The average Bonchev–Trinajstić information content (AvgIpc) is 3.22. The van der Waals surface area contributed by atoms with Crippen LogP contribution in [0.3, 0.4) is 0 Å². The molecule has 1 aromatic carbocycles. The predicted molar refractivity (Wildman–Crippen MR) is 138 cm³/mol. The minimum atomic E-state index is -1.38. The number of fused-ring (bicyclic) bond motifs is 1. The van der Waals surface area contributed by atoms with Crippen LogP contribution >= 0.6 is 12.6 Å². The van der Waals surface area contributed by atoms with Crippen LogP contribution < -0.4 is 21.7 Å². The summed E-state index contributed by atoms with van der Waals surface area (Å²) >= 11 is 3.96. The minimum absolute atomic E-state index is 0.0217. The number of amides is 3. The molecule has 198 valence electrons. The molecule has 12 heteroatoms. The molecular weight excluding hydrogens is 486 g/mol. The number of thiol groups is 1. The second kappa shape index (κ2) is 13.3. The molecule has 8 N–H and O–H groups in total. The first-order valence-corrected chi connectivity index (χ1v) is 12.3. The number of carboxylic acids is 1. The van der Waals surface area contributed by atoms with Gasteiger partial charge in [-0.15, -0.1) is 0 Å². The Balaban J connectivity index is 2.27. The first-order valence-electron chi connectivity index (χ1n) is 11.7. The van der Waals surface area contributed by atoms with Gasteiger partial charge in [0.05, 0.1) is 12.1 Å². The minimum Gasteiger partial charge on any atom is -0.480 e. The molecule has 36 heavy (non-hydrogen) atoms. The van der Waals surface area contributed by atoms with Gasteiger partial charge in [0.15, 0.2) is 0 Å². The van der Waals surface area contributed by atoms with Crippen molar-refractivity contribution in [1.29, 1.82) is 0 Å². The molecule has 11 nitrogen and oxygen atoms in total. The van der Waals surface area contributed by atoms with Crippen molar-refractivity contribution in [3.63, 3.8) is 0 Å². The third-order valence-corrected chi connectivity index (χ3v) is 6.02. The first-order chi connectivity index (χ1) is 16.9. The van der Waals surface area contributed by atoms with Crippen molar-refractivity contribution in [3.8, 4) is 0 Å². The Labute approximate surface area is 215 Å². The van der Waals surface area contributed by atoms with Crippen molar-refractivity contribution >= 4 is 47.2 Å². The summed E-state index contributed by atoms with van der Waals surface area (Å²) in [5, 5.41) is 27.7. The molecule has 0 fully saturated rings. The highest BCUT2D eigenvalue weighted by molar-refractivity contribution is 7.80. The lowest BCUT2D eigenvalue weighted by atomic mass is 10.0. The first kappa shape index (κ1) is 29.1. The van der Waals surface area contributed by atoms with Crippen LogP contribution in [0.25, 0.3) is 10.9 Å². The summed E-state index contributed by atoms with van der Waals surface area (Å²) in [7, 11) is 0. The van der Waals surface area contributed by atoms with Crippen molar-refractivity contribution in [2.45, 2.75) is 63.9 Å². The van der Waals surface area contributed by atoms with E-state index in [1.165, 1.54) is 6.92 Å². The number of nitrogens with two attached hydrogens (primary N) is 1. The summed E-state index contributed by atoms with van der Waals surface area (Å²) in [6.07, 6.45) is 0.810. The Hall–Kier alpha value is -3.09. The smallest absolute Gasteiger partial charge is 0.327 e. The molecule has 0 spiro atoms. The summed E-state index contributed by atoms with van der Waals surface area (Å²) in [5.74, 6) is -3.46. The standard InChI is InChI=1S/C24H35N5O6S/c1-12(2)8-16(25)21(31)29-20(13(3)30)23(33)27-18(22(32)28-19(11-36)24(34)35)9-14-10-26-17-7-5-4-6-15(14)17/h4-7,10,12-13,16,18-20,26,30,36H,8-9,11,25H2,1-3H3,(H,27,33)(H,28,32)(H,29,31)(H,34,35). The van der Waals surface area contributed by atoms with Gasteiger partial charge in [-0.05, 0) is 30.9 Å². The number of carbonyl (C=O) groups excluding carboxylic acids is 3. The van der Waals surface area contributed by atoms with Gasteiger partial charge in [-0.25, -0.2) is 4.79 Å². The Kier molecular flexibility index (Phi) is 10.8. The molecule has 0 aliphatic rings. The lowest BCUT2D eigenvalue weighted by Crippen LogP contribution is -2.60. The number of para-hydroxylation sites is 1. The highest BCUT2D eigenvalue weighted by Crippen LogP contribution is 2.19. The fraction of sp³-hybridized carbons (Fsp3) is 0.500. The SMILES string of the molecule is CC(C)CC(N)C(=O)NC(C(=O)NC(Cc1c[nH]c2ccccc12)C(=O)NC(CS)C(=O)O)C(C)O. The number of rotatable bonds is 13. The van der Waals surface area contributed by atoms with Crippen molar-refractivity contribution < 1.29 is 29.4 Å². The molecule has 0 saturated heterocycles. The van der Waals surface area contributed by atoms with Crippen LogP contribution in [0.4, 0.5) is 0 Å². The fourth-order valence-corrected chi connectivity index (χ4v) is 3.98. The number of hydrogen-bond acceptors (Lipinski definition) is 7. The maximum atomic E-state index is 13.1. The summed E-state index contributed by atoms with van der Waals surface area (Å²) in [5.41, 5.74) is 7.43. The van der Waals surface area contributed by atoms with Crippen LogP contribution in [0, 0.1) is 5.92 Å². The topological polar surface area (TPSA) is 187 Å². The summed E-state index contributed by atoms with van der Waals surface area (Å²) in [6, 6.07) is 2.64. The molecule has 0 bridgehead atoms. The van der Waals surface area contributed by atoms with Gasteiger partial charge in [-0.2, -0.15) is 12.6 Å². The van der Waals surface area contributed by atoms with Crippen LogP contribution in [-0.4, -0.2) is 74.9 Å². The van der Waals surface area contributed by atoms with Crippen LogP contribution in [0.2, 0.25) is 0 Å². The van der Waals surface area contributed by atoms with E-state index in [1.807, 2.05) is 38.1 Å². The van der Waals surface area contributed by atoms with Crippen LogP contribution in [0.1, 0.15) is 32.8 Å². The Morgan fingerprint density at radius 2 is 1.64 bits per heavy atom. The zero-order valence-electron chi connectivity index (χ0n) is 20.5. The van der Waals surface area contributed by atoms with E-state index in [-0.39, 0.29) is 18.1 Å². The van der Waals surface area contributed by atoms with Gasteiger partial charge in [-0.1, -0.05) is 32.0 Å². The van der Waals surface area contributed by atoms with E-state index in [9.17, 15) is 29.4 Å². The van der Waals surface area contributed by atoms with Crippen molar-refractivity contribution in [2.24, 2.45) is 11.7 Å². The maximum absolute atomic E-state index is 13.1. The number of carbonyl (C=O) groups is 4. The summed E-state index contributed by atoms with van der Waals surface area (Å²) < 4.78 is 0. The number of aliphatic hydroxyl groups excluding tert-OH is 1. The largest absolute Gasteiger partial charge is 0.480 e. The molecule has 5 atom stereocenters. The van der Waals surface area contributed by atoms with E-state index in [0.717, 1.165) is 10.9 Å². The second-order valence-corrected chi connectivity index (χ2v) is 9.53. The van der Waals surface area contributed by atoms with Crippen LogP contribution in [-0.2, 0) is 25.6 Å². The lowest BCUT2D eigenvalue weighted by Gasteiger charge is -2.26. The highest BCUT2D eigenvalue weighted by atomic mass is 32.1. The van der Waals surface area contributed by atoms with Crippen LogP contribution in [0.15, 0.2) is 30.5 Å². The van der Waals surface area contributed by atoms with E-state index < -0.39 is 54.0 Å². The molecule has 5 unspecified atom stereocenters. The van der Waals surface area contributed by atoms with Gasteiger partial charge in [-0.3, -0.25) is 14.4 Å². The number of benzene rings is 1. The number of aromatic nitrogens is 1. The Morgan fingerprint density at radius 3 is 2.22 bits per heavy atom. The van der Waals surface area contributed by atoms with Gasteiger partial charge < -0.3 is 36.9 Å². The quantitative estimate of drug-likeness (QED) is 0.169. The molecule has 2 rings (SSSR count). The summed E-state index contributed by atoms with van der Waals surface area (Å²) in [6.45, 7) is 5.12. The fourth-order valence-electron chi connectivity index (χ4n) is 3.73. The van der Waals surface area contributed by atoms with Crippen molar-refractivity contribution in [2.75, 3.05) is 5.75 Å². The molecule has 1 heterocycles. The predicted octanol–water partition coefficient (Wildman–Crippen LogP) is -0.0666. The number of aliphatic carboxylic acids is 1. The highest BCUT2D eigenvalue weighted by Gasteiger charge is 2.32. The summed E-state index contributed by atoms with van der Waals surface area (Å²) in [4.78, 5) is 53.2. The van der Waals surface area contributed by atoms with E-state index in [4.69, 9.17) is 5.73 Å². The van der Waals surface area contributed by atoms with Crippen molar-refractivity contribution in [1.82, 2.24) is 20.9 Å². The molecule has 0 aliphatic carbocycles. The number of H-pyrrole nitrogens is 1. The van der Waals surface area contributed by atoms with Gasteiger partial charge >= 0.3 is 5.97 Å². The second-order valence-electron chi connectivity index (χ2n) is 9.17. The number of hydrogen-bond donors (Lipinski definition) is 8. The molecule has 0 radical (unpaired) electrons. The van der Waals surface area contributed by atoms with Crippen molar-refractivity contribution in [3.05, 3.63) is 36.0 Å². The van der Waals surface area contributed by atoms with Crippen LogP contribution in [0.5, 0.6) is 0 Å². The third-order valence-electron chi connectivity index (χ3n) is 5.65. The maximum Gasteiger partial charge on any atom is 0.327 e. The van der Waals surface area contributed by atoms with E-state index in [0.29, 0.717) is 12.0 Å². The zero-order valence-corrected chi connectivity index (χ0v) is 21.4. The Bertz CT molecular complexity index is 1070. The number of nitrogens with one attached hydrogen (secondary N) is 4. The van der Waals surface area contributed by atoms with Gasteiger partial charge in [0.1, 0.15) is 18.1 Å². The number of aromatic amines is 1. The molecule has 2 aromatic rings. The molecule has 0 aliphatic heterocycles. The molecule has 0 saturated carbocycles. The van der Waals surface area contributed by atoms with E-state index in [1.54, 1.807) is 6.20 Å². The number of carboxylic acid groups (broad SMARTS) is 1. The monoisotopic (exact) mass is 521 g/mol. The van der Waals surface area contributed by atoms with E-state index in [2.05, 4.69) is 33.6 Å². The normalized spacial score (nSPS) is 15.5. The molecular formula is C24H35N5O6S. The lowest BCUT2D eigenvalue weighted by molar-refractivity contribution is -0.141. The zero-order chi connectivity index (χ0) is 27.0. The van der Waals surface area contributed by atoms with Gasteiger partial charge in [0.2, 0.25) is 17.7 Å². The average molecular weight is 522 g/mol. The third kappa shape index (κ3) is 7.97. The molecule has 1 aromatic heterocycles. The Morgan fingerprint density at radius 1 is 1.00 bits per heavy atom. The number of aliphatic hydroxyl groups is 1. The van der Waals surface area contributed by atoms with E-state index >= 15 is 0 Å². The van der Waals surface area contributed by atoms with Gasteiger partial charge in [0, 0.05) is 29.3 Å². The van der Waals surface area contributed by atoms with Gasteiger partial charge in [0.25, 0.3) is 0 Å².